The summed E-state index contributed by atoms with van der Waals surface area (Å²) in [6.45, 7) is 4.96. The lowest BCUT2D eigenvalue weighted by atomic mass is 10.0. The molecule has 0 radical (unpaired) electrons. The second-order valence-corrected chi connectivity index (χ2v) is 7.97. The molecule has 5 rings (SSSR count). The molecule has 2 aromatic heterocycles. The normalized spacial score (nSPS) is 21.9. The maximum Gasteiger partial charge on any atom is 0.230 e. The van der Waals surface area contributed by atoms with Gasteiger partial charge in [-0.3, -0.25) is 4.90 Å². The van der Waals surface area contributed by atoms with E-state index < -0.39 is 0 Å². The van der Waals surface area contributed by atoms with Crippen LogP contribution < -0.4 is 4.90 Å². The highest BCUT2D eigenvalue weighted by molar-refractivity contribution is 5.43. The van der Waals surface area contributed by atoms with Gasteiger partial charge in [-0.2, -0.15) is 0 Å². The van der Waals surface area contributed by atoms with Crippen molar-refractivity contribution in [2.24, 2.45) is 0 Å². The first-order chi connectivity index (χ1) is 12.8. The number of hydrogen-bond acceptors (Lipinski definition) is 7. The van der Waals surface area contributed by atoms with Crippen molar-refractivity contribution in [3.63, 3.8) is 0 Å². The van der Waals surface area contributed by atoms with E-state index in [1.165, 1.54) is 25.7 Å². The van der Waals surface area contributed by atoms with Gasteiger partial charge >= 0.3 is 0 Å². The van der Waals surface area contributed by atoms with Crippen molar-refractivity contribution in [3.05, 3.63) is 29.9 Å². The van der Waals surface area contributed by atoms with Crippen LogP contribution in [-0.2, 0) is 6.54 Å². The van der Waals surface area contributed by atoms with Crippen molar-refractivity contribution >= 4 is 5.82 Å². The fourth-order valence-corrected chi connectivity index (χ4v) is 3.98. The van der Waals surface area contributed by atoms with Crippen LogP contribution in [0.4, 0.5) is 5.82 Å². The molecule has 2 saturated carbocycles. The number of anilines is 1. The molecular weight excluding hydrogens is 328 g/mol. The van der Waals surface area contributed by atoms with E-state index in [9.17, 15) is 0 Å². The van der Waals surface area contributed by atoms with E-state index >= 15 is 0 Å². The Balaban J connectivity index is 1.21. The maximum absolute atomic E-state index is 5.82. The summed E-state index contributed by atoms with van der Waals surface area (Å²) in [6.07, 6.45) is 8.98. The molecule has 7 nitrogen and oxygen atoms in total. The van der Waals surface area contributed by atoms with Crippen molar-refractivity contribution in [1.29, 1.82) is 0 Å². The first kappa shape index (κ1) is 16.2. The zero-order valence-electron chi connectivity index (χ0n) is 15.3. The van der Waals surface area contributed by atoms with Crippen LogP contribution in [0.15, 0.2) is 16.8 Å². The summed E-state index contributed by atoms with van der Waals surface area (Å²) in [5.41, 5.74) is 1.04. The van der Waals surface area contributed by atoms with Crippen molar-refractivity contribution < 1.29 is 4.42 Å². The highest BCUT2D eigenvalue weighted by atomic mass is 16.4. The van der Waals surface area contributed by atoms with Crippen LogP contribution in [-0.4, -0.2) is 50.2 Å². The average molecular weight is 354 g/mol. The molecule has 3 heterocycles. The van der Waals surface area contributed by atoms with Gasteiger partial charge < -0.3 is 9.32 Å². The molecule has 0 bridgehead atoms. The van der Waals surface area contributed by atoms with Crippen LogP contribution in [0.1, 0.15) is 61.9 Å². The predicted molar refractivity (Wildman–Crippen MR) is 96.8 cm³/mol. The molecule has 0 unspecified atom stereocenters. The quantitative estimate of drug-likeness (QED) is 0.790. The number of likely N-dealkylation sites (tertiary alicyclic amines) is 1. The summed E-state index contributed by atoms with van der Waals surface area (Å²) in [4.78, 5) is 13.8. The van der Waals surface area contributed by atoms with Gasteiger partial charge in [-0.15, -0.1) is 10.2 Å². The molecule has 0 amide bonds. The van der Waals surface area contributed by atoms with Crippen molar-refractivity contribution in [3.8, 4) is 0 Å². The van der Waals surface area contributed by atoms with Gasteiger partial charge in [0.25, 0.3) is 0 Å². The van der Waals surface area contributed by atoms with E-state index in [2.05, 4.69) is 36.0 Å². The first-order valence-corrected chi connectivity index (χ1v) is 9.88. The summed E-state index contributed by atoms with van der Waals surface area (Å²) >= 11 is 0. The van der Waals surface area contributed by atoms with E-state index in [0.717, 1.165) is 55.8 Å². The van der Waals surface area contributed by atoms with E-state index in [0.29, 0.717) is 18.0 Å². The fourth-order valence-electron chi connectivity index (χ4n) is 3.98. The minimum absolute atomic E-state index is 0.533. The Hall–Kier alpha value is -2.02. The van der Waals surface area contributed by atoms with Crippen LogP contribution in [0.2, 0.25) is 0 Å². The van der Waals surface area contributed by atoms with Gasteiger partial charge in [0, 0.05) is 42.9 Å². The van der Waals surface area contributed by atoms with Crippen LogP contribution in [0.3, 0.4) is 0 Å². The zero-order valence-corrected chi connectivity index (χ0v) is 15.3. The maximum atomic E-state index is 5.82. The first-order valence-electron chi connectivity index (χ1n) is 9.88. The molecule has 0 aromatic carbocycles. The smallest absolute Gasteiger partial charge is 0.230 e. The van der Waals surface area contributed by atoms with Gasteiger partial charge in [0.05, 0.1) is 6.54 Å². The Morgan fingerprint density at radius 1 is 1.04 bits per heavy atom. The number of nitrogens with zero attached hydrogens (tertiary/aromatic N) is 6. The summed E-state index contributed by atoms with van der Waals surface area (Å²) in [7, 11) is 0. The predicted octanol–water partition coefficient (Wildman–Crippen LogP) is 2.68. The Morgan fingerprint density at radius 3 is 2.50 bits per heavy atom. The third-order valence-corrected chi connectivity index (χ3v) is 5.71. The molecule has 0 atom stereocenters. The number of aryl methyl sites for hydroxylation is 1. The standard InChI is InChI=1S/C19H26N6O/c1-13-10-17(21-12-20-13)25(15-4-5-15)16-6-8-24(9-7-16)11-18-22-23-19(26-18)14-2-3-14/h10,12,14-16H,2-9,11H2,1H3. The molecule has 138 valence electrons. The molecule has 1 aliphatic heterocycles. The van der Waals surface area contributed by atoms with Gasteiger partial charge in [-0.05, 0) is 45.4 Å². The van der Waals surface area contributed by atoms with Crippen molar-refractivity contribution in [2.75, 3.05) is 18.0 Å². The number of aromatic nitrogens is 4. The summed E-state index contributed by atoms with van der Waals surface area (Å²) in [5, 5.41) is 8.44. The minimum Gasteiger partial charge on any atom is -0.424 e. The third kappa shape index (κ3) is 3.45. The Labute approximate surface area is 153 Å². The van der Waals surface area contributed by atoms with E-state index in [1.807, 2.05) is 6.92 Å². The van der Waals surface area contributed by atoms with Gasteiger partial charge in [-0.25, -0.2) is 9.97 Å². The van der Waals surface area contributed by atoms with Crippen LogP contribution in [0.5, 0.6) is 0 Å². The van der Waals surface area contributed by atoms with Crippen LogP contribution in [0.25, 0.3) is 0 Å². The molecule has 2 aromatic rings. The molecule has 26 heavy (non-hydrogen) atoms. The molecule has 3 fully saturated rings. The summed E-state index contributed by atoms with van der Waals surface area (Å²) < 4.78 is 5.82. The largest absolute Gasteiger partial charge is 0.424 e. The highest BCUT2D eigenvalue weighted by Crippen LogP contribution is 2.39. The van der Waals surface area contributed by atoms with Crippen LogP contribution in [0, 0.1) is 6.92 Å². The highest BCUT2D eigenvalue weighted by Gasteiger charge is 2.37. The second kappa shape index (κ2) is 6.61. The third-order valence-electron chi connectivity index (χ3n) is 5.71. The van der Waals surface area contributed by atoms with E-state index in [4.69, 9.17) is 4.42 Å². The molecule has 3 aliphatic rings. The Bertz CT molecular complexity index is 761. The molecule has 1 saturated heterocycles. The molecule has 0 N–H and O–H groups in total. The zero-order chi connectivity index (χ0) is 17.5. The monoisotopic (exact) mass is 354 g/mol. The number of rotatable bonds is 6. The number of piperidine rings is 1. The molecule has 0 spiro atoms. The Morgan fingerprint density at radius 2 is 1.81 bits per heavy atom. The molecule has 7 heteroatoms. The van der Waals surface area contributed by atoms with E-state index in [-0.39, 0.29) is 0 Å². The van der Waals surface area contributed by atoms with Gasteiger partial charge in [0.2, 0.25) is 11.8 Å². The summed E-state index contributed by atoms with van der Waals surface area (Å²) in [5.74, 6) is 3.25. The average Bonchev–Trinajstić information content (AvgIpc) is 3.57. The Kier molecular flexibility index (Phi) is 4.11. The van der Waals surface area contributed by atoms with Crippen molar-refractivity contribution in [2.45, 2.75) is 70.0 Å². The van der Waals surface area contributed by atoms with Crippen LogP contribution >= 0.6 is 0 Å². The molecular formula is C19H26N6O. The van der Waals surface area contributed by atoms with E-state index in [1.54, 1.807) is 6.33 Å². The lowest BCUT2D eigenvalue weighted by molar-refractivity contribution is 0.183. The SMILES string of the molecule is Cc1cc(N(C2CC2)C2CCN(Cc3nnc(C4CC4)o3)CC2)ncn1. The molecule has 2 aliphatic carbocycles. The van der Waals surface area contributed by atoms with Gasteiger partial charge in [0.15, 0.2) is 0 Å². The van der Waals surface area contributed by atoms with Crippen molar-refractivity contribution in [1.82, 2.24) is 25.1 Å². The van der Waals surface area contributed by atoms with Gasteiger partial charge in [0.1, 0.15) is 12.1 Å². The lowest BCUT2D eigenvalue weighted by Crippen LogP contribution is -2.46. The topological polar surface area (TPSA) is 71.2 Å². The second-order valence-electron chi connectivity index (χ2n) is 7.97. The summed E-state index contributed by atoms with van der Waals surface area (Å²) in [6, 6.07) is 3.36. The fraction of sp³-hybridized carbons (Fsp3) is 0.684. The lowest BCUT2D eigenvalue weighted by Gasteiger charge is -2.39. The number of hydrogen-bond donors (Lipinski definition) is 0. The van der Waals surface area contributed by atoms with Gasteiger partial charge in [-0.1, -0.05) is 0 Å². The minimum atomic E-state index is 0.533.